The van der Waals surface area contributed by atoms with Gasteiger partial charge >= 0.3 is 0 Å². The Bertz CT molecular complexity index is 372. The number of thiophene rings is 1. The molecular weight excluding hydrogens is 322 g/mol. The van der Waals surface area contributed by atoms with Crippen molar-refractivity contribution in [2.24, 2.45) is 5.41 Å². The highest BCUT2D eigenvalue weighted by atomic mass is 79.9. The van der Waals surface area contributed by atoms with Crippen molar-refractivity contribution < 1.29 is 4.74 Å². The fourth-order valence-electron chi connectivity index (χ4n) is 2.22. The van der Waals surface area contributed by atoms with E-state index < -0.39 is 0 Å². The van der Waals surface area contributed by atoms with Gasteiger partial charge in [-0.1, -0.05) is 27.7 Å². The van der Waals surface area contributed by atoms with Crippen LogP contribution >= 0.6 is 27.3 Å². The smallest absolute Gasteiger partial charge is 0.0818 e. The van der Waals surface area contributed by atoms with Gasteiger partial charge in [0.25, 0.3) is 0 Å². The van der Waals surface area contributed by atoms with Crippen LogP contribution in [0.25, 0.3) is 0 Å². The second kappa shape index (κ2) is 7.77. The van der Waals surface area contributed by atoms with Crippen LogP contribution in [0.1, 0.15) is 52.6 Å². The number of nitrogens with one attached hydrogen (secondary N) is 1. The van der Waals surface area contributed by atoms with Gasteiger partial charge in [-0.25, -0.2) is 0 Å². The first kappa shape index (κ1) is 17.2. The molecule has 1 N–H and O–H groups in total. The second-order valence-corrected chi connectivity index (χ2v) is 7.45. The van der Waals surface area contributed by atoms with E-state index in [9.17, 15) is 0 Å². The molecule has 0 bridgehead atoms. The molecular formula is C15H26BrNOS. The predicted molar refractivity (Wildman–Crippen MR) is 87.9 cm³/mol. The molecule has 2 atom stereocenters. The van der Waals surface area contributed by atoms with Gasteiger partial charge in [0.05, 0.1) is 12.1 Å². The van der Waals surface area contributed by atoms with E-state index >= 15 is 0 Å². The minimum Gasteiger partial charge on any atom is -0.376 e. The van der Waals surface area contributed by atoms with Crippen LogP contribution in [0.2, 0.25) is 0 Å². The van der Waals surface area contributed by atoms with Gasteiger partial charge < -0.3 is 10.1 Å². The lowest BCUT2D eigenvalue weighted by molar-refractivity contribution is -0.0366. The molecule has 2 nitrogen and oxygen atoms in total. The van der Waals surface area contributed by atoms with Crippen molar-refractivity contribution in [3.63, 3.8) is 0 Å². The molecule has 110 valence electrons. The minimum atomic E-state index is 0.1000. The van der Waals surface area contributed by atoms with E-state index in [-0.39, 0.29) is 17.6 Å². The molecule has 0 fully saturated rings. The quantitative estimate of drug-likeness (QED) is 0.748. The molecule has 0 saturated carbocycles. The number of halogens is 1. The molecule has 0 aliphatic carbocycles. The van der Waals surface area contributed by atoms with Crippen molar-refractivity contribution in [2.75, 3.05) is 13.2 Å². The van der Waals surface area contributed by atoms with E-state index in [1.807, 2.05) is 0 Å². The monoisotopic (exact) mass is 347 g/mol. The fourth-order valence-corrected chi connectivity index (χ4v) is 3.80. The summed E-state index contributed by atoms with van der Waals surface area (Å²) in [6.45, 7) is 12.7. The molecule has 1 aromatic heterocycles. The maximum atomic E-state index is 6.07. The Morgan fingerprint density at radius 1 is 1.32 bits per heavy atom. The summed E-state index contributed by atoms with van der Waals surface area (Å²) in [4.78, 5) is 0. The number of hydrogen-bond donors (Lipinski definition) is 1. The molecule has 4 heteroatoms. The van der Waals surface area contributed by atoms with Crippen LogP contribution in [0, 0.1) is 5.41 Å². The van der Waals surface area contributed by atoms with Gasteiger partial charge in [-0.3, -0.25) is 0 Å². The molecule has 0 saturated heterocycles. The lowest BCUT2D eigenvalue weighted by Gasteiger charge is -2.37. The Kier molecular flexibility index (Phi) is 7.01. The first-order chi connectivity index (χ1) is 8.91. The lowest BCUT2D eigenvalue weighted by Crippen LogP contribution is -2.42. The Labute approximate surface area is 130 Å². The molecule has 0 aromatic carbocycles. The van der Waals surface area contributed by atoms with Gasteiger partial charge in [-0.05, 0) is 52.2 Å². The maximum Gasteiger partial charge on any atom is 0.0818 e. The molecule has 0 aliphatic rings. The molecule has 0 aliphatic heterocycles. The van der Waals surface area contributed by atoms with E-state index in [4.69, 9.17) is 4.74 Å². The van der Waals surface area contributed by atoms with Crippen LogP contribution in [0.3, 0.4) is 0 Å². The highest BCUT2D eigenvalue weighted by Crippen LogP contribution is 2.37. The van der Waals surface area contributed by atoms with Gasteiger partial charge in [-0.2, -0.15) is 11.3 Å². The normalized spacial score (nSPS) is 15.5. The molecule has 0 amide bonds. The van der Waals surface area contributed by atoms with Crippen molar-refractivity contribution in [1.29, 1.82) is 0 Å². The van der Waals surface area contributed by atoms with Crippen LogP contribution in [0.5, 0.6) is 0 Å². The van der Waals surface area contributed by atoms with E-state index in [2.05, 4.69) is 66.6 Å². The minimum absolute atomic E-state index is 0.1000. The molecule has 1 heterocycles. The number of hydrogen-bond acceptors (Lipinski definition) is 3. The van der Waals surface area contributed by atoms with Crippen LogP contribution in [-0.4, -0.2) is 19.3 Å². The second-order valence-electron chi connectivity index (χ2n) is 5.85. The zero-order valence-corrected chi connectivity index (χ0v) is 15.0. The third kappa shape index (κ3) is 4.85. The largest absolute Gasteiger partial charge is 0.376 e. The van der Waals surface area contributed by atoms with Crippen molar-refractivity contribution in [1.82, 2.24) is 5.32 Å². The number of rotatable bonds is 7. The highest BCUT2D eigenvalue weighted by molar-refractivity contribution is 9.10. The highest BCUT2D eigenvalue weighted by Gasteiger charge is 2.34. The maximum absolute atomic E-state index is 6.07. The summed E-state index contributed by atoms with van der Waals surface area (Å²) >= 11 is 5.39. The predicted octanol–water partition coefficient (Wildman–Crippen LogP) is 5.00. The average molecular weight is 348 g/mol. The zero-order valence-electron chi connectivity index (χ0n) is 12.6. The van der Waals surface area contributed by atoms with Crippen molar-refractivity contribution >= 4 is 27.3 Å². The molecule has 1 aromatic rings. The molecule has 0 radical (unpaired) electrons. The SMILES string of the molecule is CCCNC(c1cscc1Br)C(OCC)C(C)(C)C. The Morgan fingerprint density at radius 3 is 2.42 bits per heavy atom. The van der Waals surface area contributed by atoms with E-state index in [0.717, 1.165) is 19.6 Å². The molecule has 1 rings (SSSR count). The summed E-state index contributed by atoms with van der Waals surface area (Å²) < 4.78 is 7.25. The number of ether oxygens (including phenoxy) is 1. The van der Waals surface area contributed by atoms with Gasteiger partial charge in [0.1, 0.15) is 0 Å². The summed E-state index contributed by atoms with van der Waals surface area (Å²) in [7, 11) is 0. The Hall–Kier alpha value is 0.1000. The van der Waals surface area contributed by atoms with Crippen molar-refractivity contribution in [3.05, 3.63) is 20.8 Å². The van der Waals surface area contributed by atoms with Gasteiger partial charge in [0.2, 0.25) is 0 Å². The Morgan fingerprint density at radius 2 is 2.00 bits per heavy atom. The summed E-state index contributed by atoms with van der Waals surface area (Å²) in [5.74, 6) is 0. The van der Waals surface area contributed by atoms with Crippen molar-refractivity contribution in [2.45, 2.75) is 53.2 Å². The van der Waals surface area contributed by atoms with Crippen LogP contribution < -0.4 is 5.32 Å². The standard InChI is InChI=1S/C15H26BrNOS/c1-6-8-17-13(11-9-19-10-12(11)16)14(18-7-2)15(3,4)5/h9-10,13-14,17H,6-8H2,1-5H3. The molecule has 0 spiro atoms. The first-order valence-electron chi connectivity index (χ1n) is 6.98. The van der Waals surface area contributed by atoms with E-state index in [0.29, 0.717) is 0 Å². The summed E-state index contributed by atoms with van der Waals surface area (Å²) in [5, 5.41) is 8.01. The van der Waals surface area contributed by atoms with Crippen molar-refractivity contribution in [3.8, 4) is 0 Å². The topological polar surface area (TPSA) is 21.3 Å². The average Bonchev–Trinajstić information content (AvgIpc) is 2.73. The van der Waals surface area contributed by atoms with Crippen LogP contribution in [0.4, 0.5) is 0 Å². The first-order valence-corrected chi connectivity index (χ1v) is 8.72. The van der Waals surface area contributed by atoms with Gasteiger partial charge in [0.15, 0.2) is 0 Å². The molecule has 2 unspecified atom stereocenters. The molecule has 19 heavy (non-hydrogen) atoms. The lowest BCUT2D eigenvalue weighted by atomic mass is 9.82. The zero-order chi connectivity index (χ0) is 14.5. The Balaban J connectivity index is 3.03. The van der Waals surface area contributed by atoms with Gasteiger partial charge in [-0.15, -0.1) is 0 Å². The summed E-state index contributed by atoms with van der Waals surface area (Å²) in [5.41, 5.74) is 1.41. The third-order valence-corrected chi connectivity index (χ3v) is 4.85. The van der Waals surface area contributed by atoms with Crippen LogP contribution in [-0.2, 0) is 4.74 Å². The van der Waals surface area contributed by atoms with Gasteiger partial charge in [0, 0.05) is 16.5 Å². The summed E-state index contributed by atoms with van der Waals surface area (Å²) in [6, 6.07) is 0.237. The third-order valence-electron chi connectivity index (χ3n) is 3.09. The van der Waals surface area contributed by atoms with E-state index in [1.54, 1.807) is 11.3 Å². The van der Waals surface area contributed by atoms with E-state index in [1.165, 1.54) is 10.0 Å². The fraction of sp³-hybridized carbons (Fsp3) is 0.733. The summed E-state index contributed by atoms with van der Waals surface area (Å²) in [6.07, 6.45) is 1.29. The van der Waals surface area contributed by atoms with Crippen LogP contribution in [0.15, 0.2) is 15.2 Å².